The Morgan fingerprint density at radius 2 is 1.24 bits per heavy atom. The summed E-state index contributed by atoms with van der Waals surface area (Å²) in [4.78, 5) is 11.3. The Labute approximate surface area is 179 Å². The van der Waals surface area contributed by atoms with E-state index in [0.29, 0.717) is 12.7 Å². The summed E-state index contributed by atoms with van der Waals surface area (Å²) in [6.45, 7) is 2.34. The maximum atomic E-state index is 13.5. The van der Waals surface area contributed by atoms with Crippen LogP contribution in [0.5, 0.6) is 0 Å². The number of ether oxygens (including phenoxy) is 1. The summed E-state index contributed by atoms with van der Waals surface area (Å²) in [5, 5.41) is 1.76. The standard InChI is InChI=1S/C15H20F13NO3Si/c1-4-32-33(2,3)7-5-6-29-9(30)31-8-10(16,17)11(18,19)12(20,21)13(22,23)14(24,25)15(26,27)28/h4-8H2,1-3H3,(H,29,30). The first-order valence-corrected chi connectivity index (χ1v) is 12.0. The molecule has 0 aromatic carbocycles. The second-order valence-corrected chi connectivity index (χ2v) is 11.6. The lowest BCUT2D eigenvalue weighted by Crippen LogP contribution is -2.70. The Morgan fingerprint density at radius 1 is 0.788 bits per heavy atom. The van der Waals surface area contributed by atoms with Gasteiger partial charge in [-0.15, -0.1) is 0 Å². The fourth-order valence-corrected chi connectivity index (χ4v) is 4.22. The number of hydrogen-bond acceptors (Lipinski definition) is 3. The van der Waals surface area contributed by atoms with E-state index in [1.807, 2.05) is 0 Å². The summed E-state index contributed by atoms with van der Waals surface area (Å²) < 4.78 is 177. The van der Waals surface area contributed by atoms with Gasteiger partial charge in [0.1, 0.15) is 0 Å². The Morgan fingerprint density at radius 3 is 1.67 bits per heavy atom. The number of nitrogens with one attached hydrogen (secondary N) is 1. The monoisotopic (exact) mass is 537 g/mol. The number of halogens is 13. The van der Waals surface area contributed by atoms with Gasteiger partial charge in [-0.25, -0.2) is 4.79 Å². The van der Waals surface area contributed by atoms with Crippen LogP contribution in [0.15, 0.2) is 0 Å². The molecule has 0 aromatic rings. The molecule has 0 aromatic heterocycles. The van der Waals surface area contributed by atoms with Crippen molar-refractivity contribution in [2.45, 2.75) is 68.3 Å². The van der Waals surface area contributed by atoms with Crippen LogP contribution in [-0.2, 0) is 9.16 Å². The van der Waals surface area contributed by atoms with Crippen molar-refractivity contribution in [2.75, 3.05) is 19.8 Å². The van der Waals surface area contributed by atoms with Gasteiger partial charge in [-0.1, -0.05) is 0 Å². The molecule has 0 rings (SSSR count). The molecule has 0 atom stereocenters. The quantitative estimate of drug-likeness (QED) is 0.187. The number of carbonyl (C=O) groups is 1. The van der Waals surface area contributed by atoms with Crippen molar-refractivity contribution in [1.29, 1.82) is 0 Å². The van der Waals surface area contributed by atoms with Gasteiger partial charge in [0.25, 0.3) is 0 Å². The van der Waals surface area contributed by atoms with Gasteiger partial charge in [-0.3, -0.25) is 0 Å². The smallest absolute Gasteiger partial charge is 0.443 e. The molecular weight excluding hydrogens is 517 g/mol. The van der Waals surface area contributed by atoms with Gasteiger partial charge < -0.3 is 14.5 Å². The molecule has 0 aliphatic heterocycles. The fraction of sp³-hybridized carbons (Fsp3) is 0.933. The normalized spacial score (nSPS) is 14.9. The molecule has 0 aliphatic carbocycles. The van der Waals surface area contributed by atoms with Gasteiger partial charge in [-0.05, 0) is 32.5 Å². The van der Waals surface area contributed by atoms with Crippen LogP contribution < -0.4 is 5.32 Å². The van der Waals surface area contributed by atoms with E-state index < -0.39 is 56.8 Å². The van der Waals surface area contributed by atoms with Gasteiger partial charge >= 0.3 is 41.9 Å². The van der Waals surface area contributed by atoms with E-state index in [1.54, 1.807) is 25.3 Å². The van der Waals surface area contributed by atoms with Crippen molar-refractivity contribution in [3.63, 3.8) is 0 Å². The molecule has 0 bridgehead atoms. The van der Waals surface area contributed by atoms with Gasteiger partial charge in [0, 0.05) is 13.2 Å². The van der Waals surface area contributed by atoms with Crippen molar-refractivity contribution in [3.8, 4) is 0 Å². The van der Waals surface area contributed by atoms with Crippen molar-refractivity contribution < 1.29 is 71.0 Å². The van der Waals surface area contributed by atoms with Crippen LogP contribution in [0.25, 0.3) is 0 Å². The predicted molar refractivity (Wildman–Crippen MR) is 88.7 cm³/mol. The maximum Gasteiger partial charge on any atom is 0.460 e. The number of hydrogen-bond donors (Lipinski definition) is 1. The molecule has 18 heteroatoms. The molecule has 0 unspecified atom stereocenters. The summed E-state index contributed by atoms with van der Waals surface area (Å²) in [5.41, 5.74) is 0. The highest BCUT2D eigenvalue weighted by atomic mass is 28.4. The molecule has 198 valence electrons. The molecule has 0 radical (unpaired) electrons. The van der Waals surface area contributed by atoms with E-state index in [9.17, 15) is 61.9 Å². The molecule has 4 nitrogen and oxygen atoms in total. The van der Waals surface area contributed by atoms with E-state index in [4.69, 9.17) is 4.43 Å². The molecule has 0 fully saturated rings. The van der Waals surface area contributed by atoms with E-state index in [0.717, 1.165) is 0 Å². The maximum absolute atomic E-state index is 13.5. The summed E-state index contributed by atoms with van der Waals surface area (Å²) in [7, 11) is -2.12. The third kappa shape index (κ3) is 6.57. The average molecular weight is 537 g/mol. The first kappa shape index (κ1) is 31.5. The highest BCUT2D eigenvalue weighted by molar-refractivity contribution is 6.71. The Hall–Kier alpha value is -1.46. The summed E-state index contributed by atoms with van der Waals surface area (Å²) in [6, 6.07) is 0.421. The van der Waals surface area contributed by atoms with Crippen molar-refractivity contribution >= 4 is 14.4 Å². The SMILES string of the molecule is CCO[Si](C)(C)CCCNC(=O)OCC(F)(F)C(F)(F)C(F)(F)C(F)(F)C(F)(F)C(F)(F)F. The minimum Gasteiger partial charge on any atom is -0.443 e. The summed E-state index contributed by atoms with van der Waals surface area (Å²) in [6.07, 6.45) is -9.20. The lowest BCUT2D eigenvalue weighted by molar-refractivity contribution is -0.440. The minimum absolute atomic E-state index is 0.178. The highest BCUT2D eigenvalue weighted by Gasteiger charge is 2.90. The molecule has 0 heterocycles. The third-order valence-corrected chi connectivity index (χ3v) is 6.77. The fourth-order valence-electron chi connectivity index (χ4n) is 2.27. The minimum atomic E-state index is -8.00. The first-order valence-electron chi connectivity index (χ1n) is 8.91. The van der Waals surface area contributed by atoms with Crippen LogP contribution >= 0.6 is 0 Å². The molecular formula is C15H20F13NO3Si. The molecule has 0 saturated heterocycles. The van der Waals surface area contributed by atoms with Crippen molar-refractivity contribution in [1.82, 2.24) is 5.32 Å². The average Bonchev–Trinajstić information content (AvgIpc) is 2.62. The topological polar surface area (TPSA) is 47.6 Å². The van der Waals surface area contributed by atoms with Crippen LogP contribution in [0.3, 0.4) is 0 Å². The summed E-state index contributed by atoms with van der Waals surface area (Å²) >= 11 is 0. The summed E-state index contributed by atoms with van der Waals surface area (Å²) in [5.74, 6) is -37.7. The van der Waals surface area contributed by atoms with Crippen LogP contribution in [0.1, 0.15) is 13.3 Å². The van der Waals surface area contributed by atoms with E-state index >= 15 is 0 Å². The van der Waals surface area contributed by atoms with Crippen LogP contribution in [0.4, 0.5) is 61.9 Å². The number of carbonyl (C=O) groups excluding carboxylic acids is 1. The largest absolute Gasteiger partial charge is 0.460 e. The molecule has 1 amide bonds. The van der Waals surface area contributed by atoms with Gasteiger partial charge in [-0.2, -0.15) is 57.1 Å². The lowest BCUT2D eigenvalue weighted by Gasteiger charge is -2.39. The zero-order chi connectivity index (χ0) is 26.7. The van der Waals surface area contributed by atoms with Gasteiger partial charge in [0.15, 0.2) is 14.9 Å². The van der Waals surface area contributed by atoms with Crippen LogP contribution in [0, 0.1) is 0 Å². The van der Waals surface area contributed by atoms with Crippen LogP contribution in [-0.4, -0.2) is 70.0 Å². The van der Waals surface area contributed by atoms with Crippen molar-refractivity contribution in [3.05, 3.63) is 0 Å². The second kappa shape index (κ2) is 10.0. The number of alkyl halides is 13. The zero-order valence-electron chi connectivity index (χ0n) is 17.2. The van der Waals surface area contributed by atoms with E-state index in [1.165, 1.54) is 0 Å². The Kier molecular flexibility index (Phi) is 9.59. The predicted octanol–water partition coefficient (Wildman–Crippen LogP) is 6.08. The molecule has 33 heavy (non-hydrogen) atoms. The van der Waals surface area contributed by atoms with Gasteiger partial charge in [0.2, 0.25) is 0 Å². The molecule has 1 N–H and O–H groups in total. The molecule has 0 saturated carbocycles. The third-order valence-electron chi connectivity index (χ3n) is 4.14. The lowest BCUT2D eigenvalue weighted by atomic mass is 9.94. The van der Waals surface area contributed by atoms with Gasteiger partial charge in [0.05, 0.1) is 0 Å². The number of alkyl carbamates (subject to hydrolysis) is 1. The van der Waals surface area contributed by atoms with Crippen LogP contribution in [0.2, 0.25) is 19.1 Å². The van der Waals surface area contributed by atoms with E-state index in [2.05, 4.69) is 4.74 Å². The second-order valence-electron chi connectivity index (χ2n) is 7.30. The first-order chi connectivity index (χ1) is 14.4. The number of rotatable bonds is 12. The molecule has 0 spiro atoms. The number of amides is 1. The molecule has 0 aliphatic rings. The van der Waals surface area contributed by atoms with Crippen molar-refractivity contribution in [2.24, 2.45) is 0 Å². The van der Waals surface area contributed by atoms with E-state index in [-0.39, 0.29) is 13.0 Å². The zero-order valence-corrected chi connectivity index (χ0v) is 18.2. The highest BCUT2D eigenvalue weighted by Crippen LogP contribution is 2.60. The Bertz CT molecular complexity index is 668. The Balaban J connectivity index is 5.27.